The lowest BCUT2D eigenvalue weighted by molar-refractivity contribution is -0.141. The van der Waals surface area contributed by atoms with Gasteiger partial charge in [0.2, 0.25) is 28.6 Å². The Morgan fingerprint density at radius 1 is 1.06 bits per heavy atom. The van der Waals surface area contributed by atoms with E-state index in [4.69, 9.17) is 9.47 Å². The highest BCUT2D eigenvalue weighted by atomic mass is 32.2. The van der Waals surface area contributed by atoms with E-state index in [0.717, 1.165) is 11.8 Å². The zero-order chi connectivity index (χ0) is 26.3. The Morgan fingerprint density at radius 3 is 2.39 bits per heavy atom. The summed E-state index contributed by atoms with van der Waals surface area (Å²) in [7, 11) is -3.60. The van der Waals surface area contributed by atoms with Gasteiger partial charge in [0.1, 0.15) is 6.04 Å². The van der Waals surface area contributed by atoms with Crippen molar-refractivity contribution in [3.8, 4) is 11.5 Å². The molecule has 9 nitrogen and oxygen atoms in total. The summed E-state index contributed by atoms with van der Waals surface area (Å²) in [5, 5.41) is 2.91. The van der Waals surface area contributed by atoms with Crippen molar-refractivity contribution in [2.24, 2.45) is 0 Å². The minimum atomic E-state index is -3.60. The molecule has 0 saturated heterocycles. The van der Waals surface area contributed by atoms with Gasteiger partial charge in [-0.1, -0.05) is 37.3 Å². The second-order valence-corrected chi connectivity index (χ2v) is 11.0. The highest BCUT2D eigenvalue weighted by Crippen LogP contribution is 2.36. The van der Waals surface area contributed by atoms with Gasteiger partial charge in [0, 0.05) is 31.6 Å². The van der Waals surface area contributed by atoms with Crippen molar-refractivity contribution in [1.82, 2.24) is 10.2 Å². The van der Waals surface area contributed by atoms with Crippen molar-refractivity contribution in [3.63, 3.8) is 0 Å². The van der Waals surface area contributed by atoms with Gasteiger partial charge in [-0.25, -0.2) is 8.42 Å². The number of fused-ring (bicyclic) bond motifs is 1. The van der Waals surface area contributed by atoms with E-state index in [1.54, 1.807) is 23.1 Å². The lowest BCUT2D eigenvalue weighted by atomic mass is 10.1. The number of hydrogen-bond acceptors (Lipinski definition) is 6. The fourth-order valence-electron chi connectivity index (χ4n) is 4.12. The smallest absolute Gasteiger partial charge is 0.243 e. The topological polar surface area (TPSA) is 105 Å². The summed E-state index contributed by atoms with van der Waals surface area (Å²) in [6.07, 6.45) is 1.97. The van der Waals surface area contributed by atoms with E-state index in [9.17, 15) is 18.0 Å². The maximum Gasteiger partial charge on any atom is 0.243 e. The standard InChI is InChI=1S/C26H35N3O6S/c1-5-22(26(31)27-19(2)3)28(17-20-10-7-6-8-11-20)25(30)12-9-15-29(36(4,32)33)21-13-14-23-24(16-21)35-18-34-23/h6-8,10-11,13-14,16,19,22H,5,9,12,15,17-18H2,1-4H3,(H,27,31)/t22-/m1/s1. The van der Waals surface area contributed by atoms with E-state index in [-0.39, 0.29) is 44.0 Å². The quantitative estimate of drug-likeness (QED) is 0.463. The van der Waals surface area contributed by atoms with Gasteiger partial charge < -0.3 is 19.7 Å². The molecule has 1 heterocycles. The number of carbonyl (C=O) groups is 2. The summed E-state index contributed by atoms with van der Waals surface area (Å²) in [4.78, 5) is 27.9. The summed E-state index contributed by atoms with van der Waals surface area (Å²) in [5.41, 5.74) is 1.36. The van der Waals surface area contributed by atoms with E-state index >= 15 is 0 Å². The fraction of sp³-hybridized carbons (Fsp3) is 0.462. The Hall–Kier alpha value is -3.27. The van der Waals surface area contributed by atoms with Gasteiger partial charge in [0.05, 0.1) is 11.9 Å². The summed E-state index contributed by atoms with van der Waals surface area (Å²) in [6.45, 7) is 6.13. The number of ether oxygens (including phenoxy) is 2. The van der Waals surface area contributed by atoms with Crippen molar-refractivity contribution >= 4 is 27.5 Å². The first-order chi connectivity index (χ1) is 17.1. The average molecular weight is 518 g/mol. The second kappa shape index (κ2) is 12.1. The van der Waals surface area contributed by atoms with E-state index in [0.29, 0.717) is 30.2 Å². The van der Waals surface area contributed by atoms with Crippen LogP contribution in [-0.2, 0) is 26.2 Å². The molecule has 0 radical (unpaired) electrons. The largest absolute Gasteiger partial charge is 0.454 e. The molecule has 0 fully saturated rings. The van der Waals surface area contributed by atoms with Crippen molar-refractivity contribution < 1.29 is 27.5 Å². The highest BCUT2D eigenvalue weighted by Gasteiger charge is 2.29. The number of carbonyl (C=O) groups excluding carboxylic acids is 2. The van der Waals surface area contributed by atoms with E-state index in [1.807, 2.05) is 51.1 Å². The molecule has 3 rings (SSSR count). The number of benzene rings is 2. The zero-order valence-electron chi connectivity index (χ0n) is 21.3. The van der Waals surface area contributed by atoms with Crippen LogP contribution in [0.1, 0.15) is 45.6 Å². The normalized spacial score (nSPS) is 13.4. The van der Waals surface area contributed by atoms with Crippen LogP contribution in [0.25, 0.3) is 0 Å². The Bertz CT molecular complexity index is 1150. The molecule has 1 atom stereocenters. The number of hydrogen-bond donors (Lipinski definition) is 1. The Kier molecular flexibility index (Phi) is 9.19. The molecule has 2 aromatic rings. The number of amides is 2. The van der Waals surface area contributed by atoms with Gasteiger partial charge in [0.15, 0.2) is 11.5 Å². The first-order valence-corrected chi connectivity index (χ1v) is 14.0. The molecule has 1 N–H and O–H groups in total. The summed E-state index contributed by atoms with van der Waals surface area (Å²) >= 11 is 0. The SMILES string of the molecule is CC[C@H](C(=O)NC(C)C)N(Cc1ccccc1)C(=O)CCCN(c1ccc2c(c1)OCO2)S(C)(=O)=O. The fourth-order valence-corrected chi connectivity index (χ4v) is 5.08. The van der Waals surface area contributed by atoms with E-state index in [2.05, 4.69) is 5.32 Å². The molecule has 2 amide bonds. The maximum absolute atomic E-state index is 13.4. The lowest BCUT2D eigenvalue weighted by Crippen LogP contribution is -2.50. The molecule has 1 aliphatic rings. The summed E-state index contributed by atoms with van der Waals surface area (Å²) in [6, 6.07) is 13.8. The van der Waals surface area contributed by atoms with Crippen LogP contribution in [0, 0.1) is 0 Å². The molecular weight excluding hydrogens is 482 g/mol. The molecule has 0 spiro atoms. The number of anilines is 1. The third-order valence-corrected chi connectivity index (χ3v) is 7.00. The van der Waals surface area contributed by atoms with Crippen LogP contribution in [0.2, 0.25) is 0 Å². The lowest BCUT2D eigenvalue weighted by Gasteiger charge is -2.31. The third-order valence-electron chi connectivity index (χ3n) is 5.81. The van der Waals surface area contributed by atoms with Gasteiger partial charge in [-0.3, -0.25) is 13.9 Å². The van der Waals surface area contributed by atoms with Gasteiger partial charge in [-0.2, -0.15) is 0 Å². The first kappa shape index (κ1) is 27.3. The molecule has 0 aliphatic carbocycles. The van der Waals surface area contributed by atoms with Crippen molar-refractivity contribution in [2.45, 2.75) is 58.7 Å². The molecule has 36 heavy (non-hydrogen) atoms. The molecule has 0 aromatic heterocycles. The maximum atomic E-state index is 13.4. The van der Waals surface area contributed by atoms with Gasteiger partial charge in [-0.15, -0.1) is 0 Å². The monoisotopic (exact) mass is 517 g/mol. The van der Waals surface area contributed by atoms with E-state index in [1.165, 1.54) is 4.31 Å². The number of sulfonamides is 1. The van der Waals surface area contributed by atoms with Gasteiger partial charge >= 0.3 is 0 Å². The van der Waals surface area contributed by atoms with Crippen molar-refractivity contribution in [2.75, 3.05) is 23.9 Å². The van der Waals surface area contributed by atoms with E-state index < -0.39 is 16.1 Å². The first-order valence-electron chi connectivity index (χ1n) is 12.1. The van der Waals surface area contributed by atoms with Crippen LogP contribution in [0.5, 0.6) is 11.5 Å². The number of nitrogens with one attached hydrogen (secondary N) is 1. The van der Waals surface area contributed by atoms with Crippen LogP contribution in [0.3, 0.4) is 0 Å². The molecule has 0 unspecified atom stereocenters. The minimum absolute atomic E-state index is 0.0507. The second-order valence-electron chi connectivity index (χ2n) is 9.07. The molecular formula is C26H35N3O6S. The Morgan fingerprint density at radius 2 is 1.75 bits per heavy atom. The third kappa shape index (κ3) is 7.13. The molecule has 0 saturated carbocycles. The molecule has 10 heteroatoms. The molecule has 196 valence electrons. The molecule has 2 aromatic carbocycles. The van der Waals surface area contributed by atoms with Crippen LogP contribution in [0.4, 0.5) is 5.69 Å². The van der Waals surface area contributed by atoms with Crippen LogP contribution in [0.15, 0.2) is 48.5 Å². The average Bonchev–Trinajstić information content (AvgIpc) is 3.29. The number of nitrogens with zero attached hydrogens (tertiary/aromatic N) is 2. The van der Waals surface area contributed by atoms with Crippen molar-refractivity contribution in [3.05, 3.63) is 54.1 Å². The van der Waals surface area contributed by atoms with Gasteiger partial charge in [-0.05, 0) is 44.4 Å². The van der Waals surface area contributed by atoms with Crippen molar-refractivity contribution in [1.29, 1.82) is 0 Å². The van der Waals surface area contributed by atoms with Crippen LogP contribution in [-0.4, -0.2) is 56.8 Å². The van der Waals surface area contributed by atoms with Crippen LogP contribution < -0.4 is 19.1 Å². The Balaban J connectivity index is 1.74. The highest BCUT2D eigenvalue weighted by molar-refractivity contribution is 7.92. The molecule has 0 bridgehead atoms. The summed E-state index contributed by atoms with van der Waals surface area (Å²) in [5.74, 6) is 0.635. The predicted molar refractivity (Wildman–Crippen MR) is 138 cm³/mol. The summed E-state index contributed by atoms with van der Waals surface area (Å²) < 4.78 is 37.0. The minimum Gasteiger partial charge on any atom is -0.454 e. The zero-order valence-corrected chi connectivity index (χ0v) is 22.1. The molecule has 1 aliphatic heterocycles. The van der Waals surface area contributed by atoms with Gasteiger partial charge in [0.25, 0.3) is 0 Å². The predicted octanol–water partition coefficient (Wildman–Crippen LogP) is 3.29. The van der Waals surface area contributed by atoms with Crippen LogP contribution >= 0.6 is 0 Å². The number of rotatable bonds is 12. The Labute approximate surface area is 213 Å².